The molecule has 0 spiro atoms. The molecule has 164 valence electrons. The van der Waals surface area contributed by atoms with E-state index in [-0.39, 0.29) is 6.04 Å². The molecule has 1 fully saturated rings. The Morgan fingerprint density at radius 3 is 2.31 bits per heavy atom. The van der Waals surface area contributed by atoms with Crippen LogP contribution in [0.3, 0.4) is 0 Å². The Hall–Kier alpha value is -2.42. The van der Waals surface area contributed by atoms with E-state index in [1.807, 2.05) is 12.1 Å². The molecule has 0 N–H and O–H groups in total. The molecule has 2 aliphatic heterocycles. The Labute approximate surface area is 197 Å². The van der Waals surface area contributed by atoms with Crippen LogP contribution in [0.1, 0.15) is 65.8 Å². The molecule has 0 amide bonds. The molecule has 0 aliphatic carbocycles. The molecule has 5 rings (SSSR count). The average molecular weight is 443 g/mol. The highest BCUT2D eigenvalue weighted by Gasteiger charge is 2.29. The van der Waals surface area contributed by atoms with Gasteiger partial charge in [-0.1, -0.05) is 78.3 Å². The Bertz CT molecular complexity index is 1040. The zero-order chi connectivity index (χ0) is 21.8. The van der Waals surface area contributed by atoms with Crippen molar-refractivity contribution in [2.75, 3.05) is 19.6 Å². The van der Waals surface area contributed by atoms with Crippen molar-refractivity contribution < 1.29 is 0 Å². The quantitative estimate of drug-likeness (QED) is 0.392. The van der Waals surface area contributed by atoms with Crippen LogP contribution in [-0.2, 0) is 0 Å². The van der Waals surface area contributed by atoms with Crippen molar-refractivity contribution in [2.24, 2.45) is 4.99 Å². The van der Waals surface area contributed by atoms with E-state index in [0.29, 0.717) is 5.92 Å². The molecule has 2 aliphatic rings. The van der Waals surface area contributed by atoms with Gasteiger partial charge in [0.2, 0.25) is 0 Å². The lowest BCUT2D eigenvalue weighted by atomic mass is 9.80. The lowest BCUT2D eigenvalue weighted by Crippen LogP contribution is -2.34. The lowest BCUT2D eigenvalue weighted by molar-refractivity contribution is 0.206. The number of halogens is 1. The third-order valence-electron chi connectivity index (χ3n) is 7.21. The van der Waals surface area contributed by atoms with Crippen LogP contribution in [0.4, 0.5) is 0 Å². The van der Waals surface area contributed by atoms with Gasteiger partial charge in [0.15, 0.2) is 0 Å². The molecular formula is C29H31ClN2. The maximum atomic E-state index is 6.14. The molecule has 0 radical (unpaired) electrons. The topological polar surface area (TPSA) is 15.6 Å². The van der Waals surface area contributed by atoms with E-state index >= 15 is 0 Å². The molecule has 2 heterocycles. The fourth-order valence-corrected chi connectivity index (χ4v) is 5.57. The summed E-state index contributed by atoms with van der Waals surface area (Å²) in [6.45, 7) is 3.59. The minimum absolute atomic E-state index is 0.172. The summed E-state index contributed by atoms with van der Waals surface area (Å²) in [7, 11) is 0. The Morgan fingerprint density at radius 1 is 0.812 bits per heavy atom. The molecule has 3 aromatic rings. The molecule has 0 aromatic heterocycles. The van der Waals surface area contributed by atoms with E-state index in [9.17, 15) is 0 Å². The monoisotopic (exact) mass is 442 g/mol. The van der Waals surface area contributed by atoms with E-state index in [4.69, 9.17) is 16.6 Å². The molecule has 3 heteroatoms. The van der Waals surface area contributed by atoms with E-state index < -0.39 is 0 Å². The van der Waals surface area contributed by atoms with E-state index in [0.717, 1.165) is 17.4 Å². The molecule has 0 saturated carbocycles. The average Bonchev–Trinajstić information content (AvgIpc) is 2.86. The van der Waals surface area contributed by atoms with Gasteiger partial charge in [0, 0.05) is 17.2 Å². The maximum absolute atomic E-state index is 6.14. The Morgan fingerprint density at radius 2 is 1.53 bits per heavy atom. The summed E-state index contributed by atoms with van der Waals surface area (Å²) in [5.41, 5.74) is 5.47. The molecule has 2 unspecified atom stereocenters. The van der Waals surface area contributed by atoms with Crippen molar-refractivity contribution in [3.63, 3.8) is 0 Å². The molecule has 3 aromatic carbocycles. The van der Waals surface area contributed by atoms with Crippen molar-refractivity contribution in [2.45, 2.75) is 43.6 Å². The van der Waals surface area contributed by atoms with Crippen molar-refractivity contribution in [1.29, 1.82) is 0 Å². The zero-order valence-corrected chi connectivity index (χ0v) is 19.3. The van der Waals surface area contributed by atoms with Crippen molar-refractivity contribution in [3.05, 3.63) is 106 Å². The van der Waals surface area contributed by atoms with Crippen molar-refractivity contribution in [3.8, 4) is 0 Å². The lowest BCUT2D eigenvalue weighted by Gasteiger charge is -2.33. The van der Waals surface area contributed by atoms with Crippen LogP contribution in [0.25, 0.3) is 0 Å². The summed E-state index contributed by atoms with van der Waals surface area (Å²) >= 11 is 6.14. The largest absolute Gasteiger partial charge is 0.303 e. The fraction of sp³-hybridized carbons (Fsp3) is 0.345. The Kier molecular flexibility index (Phi) is 6.71. The van der Waals surface area contributed by atoms with Crippen LogP contribution in [-0.4, -0.2) is 30.7 Å². The van der Waals surface area contributed by atoms with Crippen LogP contribution >= 0.6 is 11.6 Å². The molecule has 2 atom stereocenters. The minimum Gasteiger partial charge on any atom is -0.303 e. The first-order valence-electron chi connectivity index (χ1n) is 11.9. The van der Waals surface area contributed by atoms with Crippen LogP contribution in [0.2, 0.25) is 5.02 Å². The standard InChI is InChI=1S/C29H31ClN2/c30-26-14-12-24(13-15-26)29-28(27-10-5-4-9-25(27)21-31-29)11-6-18-32-19-16-23(17-20-32)22-7-2-1-3-8-22/h1-5,7-10,12-15,21,23,28-29H,6,11,16-20H2. The van der Waals surface area contributed by atoms with Crippen molar-refractivity contribution >= 4 is 17.8 Å². The number of aliphatic imine (C=N–C) groups is 1. The number of hydrogen-bond acceptors (Lipinski definition) is 2. The number of piperidine rings is 1. The van der Waals surface area contributed by atoms with Gasteiger partial charge in [-0.3, -0.25) is 4.99 Å². The van der Waals surface area contributed by atoms with Gasteiger partial charge in [0.1, 0.15) is 0 Å². The zero-order valence-electron chi connectivity index (χ0n) is 18.5. The van der Waals surface area contributed by atoms with E-state index in [1.165, 1.54) is 61.2 Å². The SMILES string of the molecule is Clc1ccc(C2N=Cc3ccccc3C2CCCN2CCC(c3ccccc3)CC2)cc1. The van der Waals surface area contributed by atoms with Gasteiger partial charge in [-0.05, 0) is 85.6 Å². The number of likely N-dealkylation sites (tertiary alicyclic amines) is 1. The summed E-state index contributed by atoms with van der Waals surface area (Å²) in [5, 5.41) is 0.782. The van der Waals surface area contributed by atoms with Gasteiger partial charge in [-0.15, -0.1) is 0 Å². The van der Waals surface area contributed by atoms with Gasteiger partial charge in [-0.2, -0.15) is 0 Å². The molecule has 0 bridgehead atoms. The number of hydrogen-bond donors (Lipinski definition) is 0. The third kappa shape index (κ3) is 4.82. The predicted molar refractivity (Wildman–Crippen MR) is 135 cm³/mol. The highest BCUT2D eigenvalue weighted by atomic mass is 35.5. The van der Waals surface area contributed by atoms with Gasteiger partial charge < -0.3 is 4.90 Å². The smallest absolute Gasteiger partial charge is 0.0817 e. The second-order valence-electron chi connectivity index (χ2n) is 9.18. The fourth-order valence-electron chi connectivity index (χ4n) is 5.44. The second-order valence-corrected chi connectivity index (χ2v) is 9.62. The van der Waals surface area contributed by atoms with Gasteiger partial charge in [0.05, 0.1) is 6.04 Å². The summed E-state index contributed by atoms with van der Waals surface area (Å²) in [5.74, 6) is 1.14. The summed E-state index contributed by atoms with van der Waals surface area (Å²) in [6, 6.07) is 28.2. The summed E-state index contributed by atoms with van der Waals surface area (Å²) < 4.78 is 0. The van der Waals surface area contributed by atoms with E-state index in [2.05, 4.69) is 77.8 Å². The van der Waals surface area contributed by atoms with Crippen LogP contribution < -0.4 is 0 Å². The van der Waals surface area contributed by atoms with Gasteiger partial charge in [-0.25, -0.2) is 0 Å². The van der Waals surface area contributed by atoms with Crippen LogP contribution in [0, 0.1) is 0 Å². The van der Waals surface area contributed by atoms with Gasteiger partial charge >= 0.3 is 0 Å². The first-order valence-corrected chi connectivity index (χ1v) is 12.3. The number of nitrogens with zero attached hydrogens (tertiary/aromatic N) is 2. The van der Waals surface area contributed by atoms with Gasteiger partial charge in [0.25, 0.3) is 0 Å². The molecule has 1 saturated heterocycles. The van der Waals surface area contributed by atoms with E-state index in [1.54, 1.807) is 0 Å². The molecule has 2 nitrogen and oxygen atoms in total. The van der Waals surface area contributed by atoms with Crippen LogP contribution in [0.15, 0.2) is 83.9 Å². The Balaban J connectivity index is 1.22. The summed E-state index contributed by atoms with van der Waals surface area (Å²) in [6.07, 6.45) is 6.95. The maximum Gasteiger partial charge on any atom is 0.0817 e. The number of benzene rings is 3. The molecular weight excluding hydrogens is 412 g/mol. The second kappa shape index (κ2) is 10.0. The number of rotatable bonds is 6. The minimum atomic E-state index is 0.172. The highest BCUT2D eigenvalue weighted by Crippen LogP contribution is 2.41. The first kappa shape index (κ1) is 21.4. The normalized spacial score (nSPS) is 21.4. The van der Waals surface area contributed by atoms with Crippen LogP contribution in [0.5, 0.6) is 0 Å². The first-order chi connectivity index (χ1) is 15.8. The predicted octanol–water partition coefficient (Wildman–Crippen LogP) is 7.26. The third-order valence-corrected chi connectivity index (χ3v) is 7.46. The number of fused-ring (bicyclic) bond motifs is 1. The highest BCUT2D eigenvalue weighted by molar-refractivity contribution is 6.30. The summed E-state index contributed by atoms with van der Waals surface area (Å²) in [4.78, 5) is 7.64. The molecule has 32 heavy (non-hydrogen) atoms. The van der Waals surface area contributed by atoms with Crippen molar-refractivity contribution in [1.82, 2.24) is 4.90 Å².